The summed E-state index contributed by atoms with van der Waals surface area (Å²) in [5.41, 5.74) is 0. The Morgan fingerprint density at radius 3 is 0.839 bits per heavy atom. The number of esters is 3. The first-order chi connectivity index (χ1) is 30.4. The van der Waals surface area contributed by atoms with Crippen LogP contribution in [0.3, 0.4) is 0 Å². The maximum atomic E-state index is 12.8. The lowest BCUT2D eigenvalue weighted by Crippen LogP contribution is -2.30. The van der Waals surface area contributed by atoms with Crippen LogP contribution in [0.4, 0.5) is 0 Å². The van der Waals surface area contributed by atoms with Gasteiger partial charge < -0.3 is 14.2 Å². The average molecular weight is 877 g/mol. The van der Waals surface area contributed by atoms with Crippen LogP contribution < -0.4 is 0 Å². The molecule has 62 heavy (non-hydrogen) atoms. The topological polar surface area (TPSA) is 78.9 Å². The summed E-state index contributed by atoms with van der Waals surface area (Å²) >= 11 is 0. The zero-order valence-corrected chi connectivity index (χ0v) is 42.3. The lowest BCUT2D eigenvalue weighted by molar-refractivity contribution is -0.167. The molecule has 0 aliphatic carbocycles. The maximum Gasteiger partial charge on any atom is 0.306 e. The number of rotatable bonds is 51. The van der Waals surface area contributed by atoms with Crippen molar-refractivity contribution in [3.8, 4) is 0 Å². The molecule has 0 aliphatic rings. The Morgan fingerprint density at radius 2 is 0.565 bits per heavy atom. The number of carbonyl (C=O) groups excluding carboxylic acids is 3. The van der Waals surface area contributed by atoms with Crippen LogP contribution in [0, 0.1) is 5.92 Å². The maximum absolute atomic E-state index is 12.8. The van der Waals surface area contributed by atoms with E-state index in [2.05, 4.69) is 27.7 Å². The van der Waals surface area contributed by atoms with Crippen LogP contribution in [0.5, 0.6) is 0 Å². The molecule has 0 bridgehead atoms. The molecular weight excluding hydrogens is 769 g/mol. The Labute approximate surface area is 387 Å². The quantitative estimate of drug-likeness (QED) is 0.0344. The molecule has 6 heteroatoms. The van der Waals surface area contributed by atoms with Gasteiger partial charge in [-0.15, -0.1) is 0 Å². The highest BCUT2D eigenvalue weighted by Crippen LogP contribution is 2.18. The summed E-state index contributed by atoms with van der Waals surface area (Å²) < 4.78 is 16.8. The van der Waals surface area contributed by atoms with E-state index in [1.807, 2.05) is 0 Å². The fraction of sp³-hybridized carbons (Fsp3) is 0.946. The zero-order chi connectivity index (χ0) is 45.2. The Morgan fingerprint density at radius 1 is 0.323 bits per heavy atom. The predicted molar refractivity (Wildman–Crippen MR) is 266 cm³/mol. The molecule has 6 nitrogen and oxygen atoms in total. The molecular formula is C56H108O6. The van der Waals surface area contributed by atoms with E-state index in [9.17, 15) is 14.4 Å². The van der Waals surface area contributed by atoms with Gasteiger partial charge in [0.15, 0.2) is 6.10 Å². The number of carbonyl (C=O) groups is 3. The van der Waals surface area contributed by atoms with Gasteiger partial charge in [-0.2, -0.15) is 0 Å². The molecule has 0 aliphatic heterocycles. The van der Waals surface area contributed by atoms with E-state index in [0.717, 1.165) is 63.7 Å². The van der Waals surface area contributed by atoms with Gasteiger partial charge in [0.2, 0.25) is 0 Å². The van der Waals surface area contributed by atoms with Crippen LogP contribution >= 0.6 is 0 Å². The average Bonchev–Trinajstić information content (AvgIpc) is 3.27. The first-order valence-corrected chi connectivity index (χ1v) is 27.9. The first-order valence-electron chi connectivity index (χ1n) is 27.9. The first kappa shape index (κ1) is 60.4. The fourth-order valence-corrected chi connectivity index (χ4v) is 8.54. The van der Waals surface area contributed by atoms with E-state index in [4.69, 9.17) is 14.2 Å². The molecule has 0 aromatic carbocycles. The standard InChI is InChI=1S/C56H108O6/c1-5-8-10-12-14-16-18-20-21-22-23-24-25-27-28-30-35-39-43-47-54(57)60-50-53(51-61-55(58)48-44-40-36-33-32-34-38-42-46-52(4)7-3)62-56(59)49-45-41-37-31-29-26-19-17-15-13-11-9-6-2/h52-53H,5-51H2,1-4H3/t52?,53-/m0/s1. The highest BCUT2D eigenvalue weighted by Gasteiger charge is 2.19. The van der Waals surface area contributed by atoms with Gasteiger partial charge in [-0.25, -0.2) is 0 Å². The van der Waals surface area contributed by atoms with Gasteiger partial charge in [-0.05, 0) is 25.2 Å². The lowest BCUT2D eigenvalue weighted by Gasteiger charge is -2.18. The number of hydrogen-bond donors (Lipinski definition) is 0. The van der Waals surface area contributed by atoms with Gasteiger partial charge in [0.25, 0.3) is 0 Å². The summed E-state index contributed by atoms with van der Waals surface area (Å²) in [6.45, 7) is 9.05. The third kappa shape index (κ3) is 47.9. The van der Waals surface area contributed by atoms with E-state index < -0.39 is 6.10 Å². The van der Waals surface area contributed by atoms with Crippen molar-refractivity contribution in [2.75, 3.05) is 13.2 Å². The number of ether oxygens (including phenoxy) is 3. The third-order valence-corrected chi connectivity index (χ3v) is 13.2. The fourth-order valence-electron chi connectivity index (χ4n) is 8.54. The van der Waals surface area contributed by atoms with Crippen molar-refractivity contribution in [3.05, 3.63) is 0 Å². The van der Waals surface area contributed by atoms with Crippen LogP contribution in [-0.2, 0) is 28.6 Å². The summed E-state index contributed by atoms with van der Waals surface area (Å²) in [6, 6.07) is 0. The Bertz CT molecular complexity index is 935. The molecule has 0 heterocycles. The highest BCUT2D eigenvalue weighted by molar-refractivity contribution is 5.71. The van der Waals surface area contributed by atoms with Crippen LogP contribution in [0.2, 0.25) is 0 Å². The largest absolute Gasteiger partial charge is 0.462 e. The smallest absolute Gasteiger partial charge is 0.306 e. The van der Waals surface area contributed by atoms with Gasteiger partial charge in [0.1, 0.15) is 13.2 Å². The molecule has 2 atom stereocenters. The van der Waals surface area contributed by atoms with E-state index in [1.165, 1.54) is 212 Å². The van der Waals surface area contributed by atoms with Gasteiger partial charge in [0, 0.05) is 19.3 Å². The van der Waals surface area contributed by atoms with E-state index in [1.54, 1.807) is 0 Å². The lowest BCUT2D eigenvalue weighted by atomic mass is 9.99. The third-order valence-electron chi connectivity index (χ3n) is 13.2. The van der Waals surface area contributed by atoms with Gasteiger partial charge in [-0.1, -0.05) is 278 Å². The molecule has 0 saturated carbocycles. The second kappa shape index (κ2) is 50.4. The monoisotopic (exact) mass is 877 g/mol. The van der Waals surface area contributed by atoms with Crippen molar-refractivity contribution >= 4 is 17.9 Å². The second-order valence-electron chi connectivity index (χ2n) is 19.5. The molecule has 0 aromatic heterocycles. The number of unbranched alkanes of at least 4 members (excludes halogenated alkanes) is 37. The summed E-state index contributed by atoms with van der Waals surface area (Å²) in [7, 11) is 0. The molecule has 0 saturated heterocycles. The van der Waals surface area contributed by atoms with Crippen molar-refractivity contribution < 1.29 is 28.6 Å². The molecule has 0 spiro atoms. The van der Waals surface area contributed by atoms with Gasteiger partial charge >= 0.3 is 17.9 Å². The minimum Gasteiger partial charge on any atom is -0.462 e. The SMILES string of the molecule is CCCCCCCCCCCCCCCCCCCCCC(=O)OC[C@@H](COC(=O)CCCCCCCCCCC(C)CC)OC(=O)CCCCCCCCCCCCCCC. The highest BCUT2D eigenvalue weighted by atomic mass is 16.6. The molecule has 368 valence electrons. The summed E-state index contributed by atoms with van der Waals surface area (Å²) in [4.78, 5) is 38.0. The van der Waals surface area contributed by atoms with Crippen molar-refractivity contribution in [1.82, 2.24) is 0 Å². The molecule has 0 radical (unpaired) electrons. The Balaban J connectivity index is 4.26. The van der Waals surface area contributed by atoms with Gasteiger partial charge in [0.05, 0.1) is 0 Å². The van der Waals surface area contributed by atoms with Crippen molar-refractivity contribution in [2.24, 2.45) is 5.92 Å². The minimum atomic E-state index is -0.761. The van der Waals surface area contributed by atoms with E-state index in [-0.39, 0.29) is 31.1 Å². The molecule has 0 amide bonds. The molecule has 0 rings (SSSR count). The second-order valence-corrected chi connectivity index (χ2v) is 19.5. The molecule has 0 N–H and O–H groups in total. The Kier molecular flexibility index (Phi) is 49.1. The summed E-state index contributed by atoms with van der Waals surface area (Å²) in [5.74, 6) is 0.00680. The predicted octanol–water partition coefficient (Wildman–Crippen LogP) is 18.2. The van der Waals surface area contributed by atoms with Crippen molar-refractivity contribution in [2.45, 2.75) is 323 Å². The molecule has 1 unspecified atom stereocenters. The molecule has 0 fully saturated rings. The van der Waals surface area contributed by atoms with E-state index in [0.29, 0.717) is 19.3 Å². The zero-order valence-electron chi connectivity index (χ0n) is 42.3. The van der Waals surface area contributed by atoms with Crippen molar-refractivity contribution in [1.29, 1.82) is 0 Å². The van der Waals surface area contributed by atoms with Crippen LogP contribution in [0.15, 0.2) is 0 Å². The van der Waals surface area contributed by atoms with Crippen LogP contribution in [0.25, 0.3) is 0 Å². The van der Waals surface area contributed by atoms with E-state index >= 15 is 0 Å². The van der Waals surface area contributed by atoms with Crippen molar-refractivity contribution in [3.63, 3.8) is 0 Å². The Hall–Kier alpha value is -1.59. The van der Waals surface area contributed by atoms with Crippen LogP contribution in [-0.4, -0.2) is 37.2 Å². The molecule has 0 aromatic rings. The van der Waals surface area contributed by atoms with Crippen LogP contribution in [0.1, 0.15) is 317 Å². The minimum absolute atomic E-state index is 0.0626. The van der Waals surface area contributed by atoms with Gasteiger partial charge in [-0.3, -0.25) is 14.4 Å². The summed E-state index contributed by atoms with van der Waals surface area (Å²) in [6.07, 6.45) is 53.7. The number of hydrogen-bond acceptors (Lipinski definition) is 6. The normalized spacial score (nSPS) is 12.4. The summed E-state index contributed by atoms with van der Waals surface area (Å²) in [5, 5.41) is 0.